The van der Waals surface area contributed by atoms with Crippen molar-refractivity contribution >= 4 is 33.3 Å². The minimum absolute atomic E-state index is 0.202. The Balaban J connectivity index is 1.77. The van der Waals surface area contributed by atoms with Crippen molar-refractivity contribution in [3.05, 3.63) is 76.7 Å². The van der Waals surface area contributed by atoms with Crippen molar-refractivity contribution in [3.63, 3.8) is 0 Å². The third-order valence-corrected chi connectivity index (χ3v) is 7.07. The van der Waals surface area contributed by atoms with Crippen LogP contribution < -0.4 is 0 Å². The highest BCUT2D eigenvalue weighted by atomic mass is 32.2. The van der Waals surface area contributed by atoms with Gasteiger partial charge in [0.15, 0.2) is 0 Å². The first-order chi connectivity index (χ1) is 13.7. The molecule has 0 saturated heterocycles. The van der Waals surface area contributed by atoms with E-state index in [-0.39, 0.29) is 5.82 Å². The van der Waals surface area contributed by atoms with Gasteiger partial charge < -0.3 is 0 Å². The lowest BCUT2D eigenvalue weighted by Gasteiger charge is -2.08. The number of aromatic nitrogens is 2. The van der Waals surface area contributed by atoms with Gasteiger partial charge in [-0.1, -0.05) is 50.2 Å². The van der Waals surface area contributed by atoms with Gasteiger partial charge in [0.2, 0.25) is 0 Å². The van der Waals surface area contributed by atoms with Gasteiger partial charge in [0.25, 0.3) is 0 Å². The highest BCUT2D eigenvalue weighted by Gasteiger charge is 2.18. The molecule has 0 radical (unpaired) electrons. The average molecular weight is 409 g/mol. The fourth-order valence-electron chi connectivity index (χ4n) is 3.30. The molecule has 0 atom stereocenters. The van der Waals surface area contributed by atoms with Crippen LogP contribution in [0.15, 0.2) is 59.9 Å². The quantitative estimate of drug-likeness (QED) is 0.256. The normalized spacial score (nSPS) is 11.2. The Morgan fingerprint density at radius 1 is 0.964 bits per heavy atom. The highest BCUT2D eigenvalue weighted by molar-refractivity contribution is 7.98. The number of thioether (sulfide) groups is 1. The second-order valence-corrected chi connectivity index (χ2v) is 8.63. The SMILES string of the molecule is CCc1ccc(-c2c(CC)sc3ncnc(SCc4cccc(F)c4)c23)cc1. The molecule has 0 spiro atoms. The van der Waals surface area contributed by atoms with Crippen LogP contribution in [0.2, 0.25) is 0 Å². The van der Waals surface area contributed by atoms with E-state index in [0.29, 0.717) is 5.75 Å². The molecule has 28 heavy (non-hydrogen) atoms. The van der Waals surface area contributed by atoms with Gasteiger partial charge in [-0.25, -0.2) is 14.4 Å². The van der Waals surface area contributed by atoms with E-state index < -0.39 is 0 Å². The van der Waals surface area contributed by atoms with Crippen molar-refractivity contribution in [2.45, 2.75) is 37.5 Å². The van der Waals surface area contributed by atoms with Gasteiger partial charge in [-0.2, -0.15) is 0 Å². The molecule has 0 fully saturated rings. The van der Waals surface area contributed by atoms with E-state index in [9.17, 15) is 4.39 Å². The van der Waals surface area contributed by atoms with Crippen molar-refractivity contribution < 1.29 is 4.39 Å². The van der Waals surface area contributed by atoms with E-state index >= 15 is 0 Å². The first-order valence-electron chi connectivity index (χ1n) is 9.42. The molecular weight excluding hydrogens is 387 g/mol. The molecule has 142 valence electrons. The van der Waals surface area contributed by atoms with Crippen LogP contribution in [0.25, 0.3) is 21.3 Å². The Kier molecular flexibility index (Phi) is 5.74. The maximum Gasteiger partial charge on any atom is 0.128 e. The molecule has 2 nitrogen and oxygen atoms in total. The molecule has 2 aromatic heterocycles. The standard InChI is InChI=1S/C23H21FN2S2/c1-3-15-8-10-17(11-9-15)20-19(4-2)28-23-21(20)22(25-14-26-23)27-13-16-6-5-7-18(24)12-16/h5-12,14H,3-4,13H2,1-2H3. The molecule has 0 aliphatic rings. The lowest BCUT2D eigenvalue weighted by molar-refractivity contribution is 0.626. The predicted octanol–water partition coefficient (Wildman–Crippen LogP) is 6.91. The van der Waals surface area contributed by atoms with E-state index in [1.807, 2.05) is 6.07 Å². The number of halogens is 1. The zero-order valence-electron chi connectivity index (χ0n) is 15.9. The molecule has 5 heteroatoms. The largest absolute Gasteiger partial charge is 0.229 e. The molecule has 4 aromatic rings. The van der Waals surface area contributed by atoms with Gasteiger partial charge in [-0.3, -0.25) is 0 Å². The summed E-state index contributed by atoms with van der Waals surface area (Å²) >= 11 is 3.38. The Labute approximate surface area is 172 Å². The third kappa shape index (κ3) is 3.82. The number of fused-ring (bicyclic) bond motifs is 1. The van der Waals surface area contributed by atoms with Crippen LogP contribution in [0.5, 0.6) is 0 Å². The summed E-state index contributed by atoms with van der Waals surface area (Å²) in [5.41, 5.74) is 4.74. The van der Waals surface area contributed by atoms with Gasteiger partial charge in [0, 0.05) is 16.2 Å². The van der Waals surface area contributed by atoms with Crippen LogP contribution in [0.3, 0.4) is 0 Å². The topological polar surface area (TPSA) is 25.8 Å². The summed E-state index contributed by atoms with van der Waals surface area (Å²) in [4.78, 5) is 11.5. The van der Waals surface area contributed by atoms with Crippen LogP contribution in [0, 0.1) is 5.82 Å². The van der Waals surface area contributed by atoms with Gasteiger partial charge >= 0.3 is 0 Å². The lowest BCUT2D eigenvalue weighted by Crippen LogP contribution is -1.89. The highest BCUT2D eigenvalue weighted by Crippen LogP contribution is 2.42. The van der Waals surface area contributed by atoms with Crippen molar-refractivity contribution in [2.24, 2.45) is 0 Å². The third-order valence-electron chi connectivity index (χ3n) is 4.76. The van der Waals surface area contributed by atoms with Gasteiger partial charge in [0.05, 0.1) is 5.39 Å². The fraction of sp³-hybridized carbons (Fsp3) is 0.217. The van der Waals surface area contributed by atoms with Crippen molar-refractivity contribution in [3.8, 4) is 11.1 Å². The average Bonchev–Trinajstić information content (AvgIpc) is 3.11. The molecule has 0 aliphatic heterocycles. The van der Waals surface area contributed by atoms with E-state index in [0.717, 1.165) is 33.6 Å². The molecule has 0 saturated carbocycles. The summed E-state index contributed by atoms with van der Waals surface area (Å²) in [5, 5.41) is 2.08. The molecule has 4 rings (SSSR count). The number of hydrogen-bond acceptors (Lipinski definition) is 4. The summed E-state index contributed by atoms with van der Waals surface area (Å²) in [5.74, 6) is 0.474. The number of thiophene rings is 1. The van der Waals surface area contributed by atoms with Crippen LogP contribution >= 0.6 is 23.1 Å². The summed E-state index contributed by atoms with van der Waals surface area (Å²) in [6.07, 6.45) is 3.62. The summed E-state index contributed by atoms with van der Waals surface area (Å²) in [6.45, 7) is 4.35. The van der Waals surface area contributed by atoms with Crippen molar-refractivity contribution in [1.82, 2.24) is 9.97 Å². The number of hydrogen-bond donors (Lipinski definition) is 0. The molecule has 0 bridgehead atoms. The van der Waals surface area contributed by atoms with Gasteiger partial charge in [-0.05, 0) is 41.7 Å². The van der Waals surface area contributed by atoms with Crippen molar-refractivity contribution in [1.29, 1.82) is 0 Å². The molecule has 2 heterocycles. The van der Waals surface area contributed by atoms with E-state index in [1.54, 1.807) is 41.6 Å². The second-order valence-electron chi connectivity index (χ2n) is 6.58. The second kappa shape index (κ2) is 8.41. The summed E-state index contributed by atoms with van der Waals surface area (Å²) in [7, 11) is 0. The monoisotopic (exact) mass is 408 g/mol. The van der Waals surface area contributed by atoms with Gasteiger partial charge in [-0.15, -0.1) is 23.1 Å². The van der Waals surface area contributed by atoms with Crippen molar-refractivity contribution in [2.75, 3.05) is 0 Å². The van der Waals surface area contributed by atoms with E-state index in [4.69, 9.17) is 0 Å². The zero-order chi connectivity index (χ0) is 19.5. The van der Waals surface area contributed by atoms with Crippen LogP contribution in [0.4, 0.5) is 4.39 Å². The Morgan fingerprint density at radius 2 is 1.79 bits per heavy atom. The minimum atomic E-state index is -0.202. The van der Waals surface area contributed by atoms with E-state index in [2.05, 4.69) is 48.1 Å². The molecule has 2 aromatic carbocycles. The Morgan fingerprint density at radius 3 is 2.50 bits per heavy atom. The number of aryl methyl sites for hydroxylation is 2. The number of rotatable bonds is 6. The van der Waals surface area contributed by atoms with E-state index in [1.165, 1.54) is 27.6 Å². The first-order valence-corrected chi connectivity index (χ1v) is 11.2. The Hall–Kier alpha value is -2.24. The predicted molar refractivity (Wildman–Crippen MR) is 118 cm³/mol. The number of nitrogens with zero attached hydrogens (tertiary/aromatic N) is 2. The number of benzene rings is 2. The smallest absolute Gasteiger partial charge is 0.128 e. The molecular formula is C23H21FN2S2. The van der Waals surface area contributed by atoms with Crippen LogP contribution in [-0.4, -0.2) is 9.97 Å². The molecule has 0 amide bonds. The van der Waals surface area contributed by atoms with Crippen LogP contribution in [-0.2, 0) is 18.6 Å². The maximum absolute atomic E-state index is 13.5. The van der Waals surface area contributed by atoms with Gasteiger partial charge in [0.1, 0.15) is 22.0 Å². The molecule has 0 aliphatic carbocycles. The first kappa shape index (κ1) is 19.1. The maximum atomic E-state index is 13.5. The van der Waals surface area contributed by atoms with Crippen LogP contribution in [0.1, 0.15) is 29.9 Å². The summed E-state index contributed by atoms with van der Waals surface area (Å²) in [6, 6.07) is 15.6. The molecule has 0 N–H and O–H groups in total. The molecule has 0 unspecified atom stereocenters. The zero-order valence-corrected chi connectivity index (χ0v) is 17.5. The fourth-order valence-corrected chi connectivity index (χ4v) is 5.41. The Bertz CT molecular complexity index is 1100. The minimum Gasteiger partial charge on any atom is -0.229 e. The summed E-state index contributed by atoms with van der Waals surface area (Å²) < 4.78 is 13.5. The lowest BCUT2D eigenvalue weighted by atomic mass is 10.0.